The summed E-state index contributed by atoms with van der Waals surface area (Å²) >= 11 is 0. The number of alkyl halides is 2. The molecule has 4 heteroatoms. The smallest absolute Gasteiger partial charge is 0.387 e. The standard InChI is InChI=1S/C14H17F2NO/c1-3-4-5-6-13(17-2)11-7-9-12(10-8-11)18-14(15)16/h1,7-10,13-14,17H,4-6H2,2H3. The molecule has 0 aliphatic heterocycles. The van der Waals surface area contributed by atoms with E-state index in [0.717, 1.165) is 24.8 Å². The zero-order valence-electron chi connectivity index (χ0n) is 10.3. The number of unbranched alkanes of at least 4 members (excludes halogenated alkanes) is 1. The first-order chi connectivity index (χ1) is 8.67. The lowest BCUT2D eigenvalue weighted by Crippen LogP contribution is -2.16. The van der Waals surface area contributed by atoms with Gasteiger partial charge in [-0.25, -0.2) is 0 Å². The van der Waals surface area contributed by atoms with Crippen molar-refractivity contribution >= 4 is 0 Å². The molecule has 1 N–H and O–H groups in total. The fourth-order valence-electron chi connectivity index (χ4n) is 1.77. The summed E-state index contributed by atoms with van der Waals surface area (Å²) in [5.74, 6) is 2.77. The fraction of sp³-hybridized carbons (Fsp3) is 0.429. The fourth-order valence-corrected chi connectivity index (χ4v) is 1.77. The Bertz CT molecular complexity index is 384. The molecule has 0 aliphatic rings. The molecule has 0 aliphatic carbocycles. The van der Waals surface area contributed by atoms with E-state index in [1.165, 1.54) is 0 Å². The second-order valence-electron chi connectivity index (χ2n) is 3.89. The monoisotopic (exact) mass is 253 g/mol. The second-order valence-corrected chi connectivity index (χ2v) is 3.89. The highest BCUT2D eigenvalue weighted by atomic mass is 19.3. The minimum absolute atomic E-state index is 0.173. The van der Waals surface area contributed by atoms with Gasteiger partial charge in [0.25, 0.3) is 0 Å². The van der Waals surface area contributed by atoms with Crippen molar-refractivity contribution in [3.05, 3.63) is 29.8 Å². The molecule has 0 saturated heterocycles. The summed E-state index contributed by atoms with van der Waals surface area (Å²) < 4.78 is 28.3. The maximum atomic E-state index is 12.0. The van der Waals surface area contributed by atoms with Gasteiger partial charge in [0.1, 0.15) is 5.75 Å². The number of nitrogens with one attached hydrogen (secondary N) is 1. The molecule has 0 bridgehead atoms. The van der Waals surface area contributed by atoms with Gasteiger partial charge in [0, 0.05) is 12.5 Å². The first-order valence-electron chi connectivity index (χ1n) is 5.83. The van der Waals surface area contributed by atoms with Crippen molar-refractivity contribution < 1.29 is 13.5 Å². The molecule has 0 fully saturated rings. The Hall–Kier alpha value is -1.60. The third kappa shape index (κ3) is 4.72. The molecule has 0 heterocycles. The van der Waals surface area contributed by atoms with Crippen LogP contribution in [0.3, 0.4) is 0 Å². The van der Waals surface area contributed by atoms with Gasteiger partial charge in [-0.2, -0.15) is 8.78 Å². The first-order valence-corrected chi connectivity index (χ1v) is 5.83. The number of halogens is 2. The number of rotatable bonds is 7. The van der Waals surface area contributed by atoms with Crippen LogP contribution in [-0.4, -0.2) is 13.7 Å². The predicted octanol–water partition coefficient (Wildman–Crippen LogP) is 3.35. The van der Waals surface area contributed by atoms with E-state index in [-0.39, 0.29) is 11.8 Å². The molecule has 0 amide bonds. The van der Waals surface area contributed by atoms with Crippen LogP contribution >= 0.6 is 0 Å². The Morgan fingerprint density at radius 2 is 2.00 bits per heavy atom. The Morgan fingerprint density at radius 1 is 1.33 bits per heavy atom. The topological polar surface area (TPSA) is 21.3 Å². The van der Waals surface area contributed by atoms with Crippen LogP contribution in [0, 0.1) is 12.3 Å². The zero-order chi connectivity index (χ0) is 13.4. The third-order valence-corrected chi connectivity index (χ3v) is 2.67. The minimum atomic E-state index is -2.79. The first kappa shape index (κ1) is 14.5. The summed E-state index contributed by atoms with van der Waals surface area (Å²) in [5.41, 5.74) is 1.04. The van der Waals surface area contributed by atoms with Crippen LogP contribution in [0.4, 0.5) is 8.78 Å². The highest BCUT2D eigenvalue weighted by Gasteiger charge is 2.09. The normalized spacial score (nSPS) is 12.2. The SMILES string of the molecule is C#CCCCC(NC)c1ccc(OC(F)F)cc1. The van der Waals surface area contributed by atoms with Gasteiger partial charge in [0.15, 0.2) is 0 Å². The van der Waals surface area contributed by atoms with E-state index < -0.39 is 6.61 Å². The van der Waals surface area contributed by atoms with Crippen LogP contribution < -0.4 is 10.1 Å². The third-order valence-electron chi connectivity index (χ3n) is 2.67. The Kier molecular flexibility index (Phi) is 6.16. The summed E-state index contributed by atoms with van der Waals surface area (Å²) in [6.45, 7) is -2.79. The molecule has 0 radical (unpaired) electrons. The predicted molar refractivity (Wildman–Crippen MR) is 67.6 cm³/mol. The highest BCUT2D eigenvalue weighted by Crippen LogP contribution is 2.22. The molecular weight excluding hydrogens is 236 g/mol. The molecule has 1 aromatic carbocycles. The molecule has 0 saturated carbocycles. The van der Waals surface area contributed by atoms with E-state index in [2.05, 4.69) is 16.0 Å². The Labute approximate surface area is 106 Å². The number of terminal acetylenes is 1. The Morgan fingerprint density at radius 3 is 2.50 bits per heavy atom. The second kappa shape index (κ2) is 7.67. The number of hydrogen-bond acceptors (Lipinski definition) is 2. The maximum Gasteiger partial charge on any atom is 0.387 e. The summed E-state index contributed by atoms with van der Waals surface area (Å²) in [7, 11) is 1.87. The number of hydrogen-bond donors (Lipinski definition) is 1. The van der Waals surface area contributed by atoms with Crippen molar-refractivity contribution in [3.63, 3.8) is 0 Å². The van der Waals surface area contributed by atoms with E-state index in [9.17, 15) is 8.78 Å². The molecule has 1 aromatic rings. The molecule has 1 unspecified atom stereocenters. The van der Waals surface area contributed by atoms with E-state index in [1.807, 2.05) is 7.05 Å². The van der Waals surface area contributed by atoms with Crippen LogP contribution in [0.5, 0.6) is 5.75 Å². The van der Waals surface area contributed by atoms with Crippen LogP contribution in [0.2, 0.25) is 0 Å². The van der Waals surface area contributed by atoms with E-state index in [4.69, 9.17) is 6.42 Å². The van der Waals surface area contributed by atoms with Crippen LogP contribution in [0.1, 0.15) is 30.9 Å². The zero-order valence-corrected chi connectivity index (χ0v) is 10.3. The average molecular weight is 253 g/mol. The van der Waals surface area contributed by atoms with Crippen molar-refractivity contribution in [2.24, 2.45) is 0 Å². The largest absolute Gasteiger partial charge is 0.435 e. The molecule has 2 nitrogen and oxygen atoms in total. The van der Waals surface area contributed by atoms with Crippen molar-refractivity contribution in [2.75, 3.05) is 7.05 Å². The van der Waals surface area contributed by atoms with E-state index in [0.29, 0.717) is 0 Å². The summed E-state index contributed by atoms with van der Waals surface area (Å²) in [6, 6.07) is 6.85. The van der Waals surface area contributed by atoms with E-state index >= 15 is 0 Å². The quantitative estimate of drug-likeness (QED) is 0.594. The van der Waals surface area contributed by atoms with Crippen molar-refractivity contribution in [1.29, 1.82) is 0 Å². The number of ether oxygens (including phenoxy) is 1. The van der Waals surface area contributed by atoms with Gasteiger partial charge in [0.2, 0.25) is 0 Å². The van der Waals surface area contributed by atoms with Gasteiger partial charge in [-0.05, 0) is 37.6 Å². The van der Waals surface area contributed by atoms with E-state index in [1.54, 1.807) is 24.3 Å². The summed E-state index contributed by atoms with van der Waals surface area (Å²) in [4.78, 5) is 0. The summed E-state index contributed by atoms with van der Waals surface area (Å²) in [5, 5.41) is 3.18. The van der Waals surface area contributed by atoms with Gasteiger partial charge in [-0.3, -0.25) is 0 Å². The molecule has 0 aromatic heterocycles. The molecule has 98 valence electrons. The van der Waals surface area contributed by atoms with Gasteiger partial charge in [-0.1, -0.05) is 12.1 Å². The lowest BCUT2D eigenvalue weighted by Gasteiger charge is -2.16. The van der Waals surface area contributed by atoms with Crippen LogP contribution in [0.25, 0.3) is 0 Å². The number of benzene rings is 1. The molecular formula is C14H17F2NO. The molecule has 1 atom stereocenters. The van der Waals surface area contributed by atoms with Gasteiger partial charge < -0.3 is 10.1 Å². The van der Waals surface area contributed by atoms with Gasteiger partial charge in [-0.15, -0.1) is 12.3 Å². The molecule has 18 heavy (non-hydrogen) atoms. The van der Waals surface area contributed by atoms with Crippen molar-refractivity contribution in [1.82, 2.24) is 5.32 Å². The van der Waals surface area contributed by atoms with Crippen molar-refractivity contribution in [3.8, 4) is 18.1 Å². The van der Waals surface area contributed by atoms with Crippen LogP contribution in [0.15, 0.2) is 24.3 Å². The van der Waals surface area contributed by atoms with Crippen LogP contribution in [-0.2, 0) is 0 Å². The van der Waals surface area contributed by atoms with Gasteiger partial charge >= 0.3 is 6.61 Å². The average Bonchev–Trinajstić information content (AvgIpc) is 2.35. The lowest BCUT2D eigenvalue weighted by atomic mass is 10.0. The summed E-state index contributed by atoms with van der Waals surface area (Å²) in [6.07, 6.45) is 7.78. The van der Waals surface area contributed by atoms with Crippen molar-refractivity contribution in [2.45, 2.75) is 31.9 Å². The lowest BCUT2D eigenvalue weighted by molar-refractivity contribution is -0.0498. The maximum absolute atomic E-state index is 12.0. The van der Waals surface area contributed by atoms with Gasteiger partial charge in [0.05, 0.1) is 0 Å². The molecule has 0 spiro atoms. The molecule has 1 rings (SSSR count). The highest BCUT2D eigenvalue weighted by molar-refractivity contribution is 5.29. The Balaban J connectivity index is 2.61. The minimum Gasteiger partial charge on any atom is -0.435 e.